The molecule has 1 saturated carbocycles. The van der Waals surface area contributed by atoms with Crippen LogP contribution < -0.4 is 0 Å². The van der Waals surface area contributed by atoms with Gasteiger partial charge in [-0.15, -0.1) is 5.10 Å². The second-order valence-corrected chi connectivity index (χ2v) is 9.21. The topological polar surface area (TPSA) is 85.2 Å². The maximum atomic E-state index is 13.3. The van der Waals surface area contributed by atoms with E-state index < -0.39 is 9.84 Å². The van der Waals surface area contributed by atoms with Crippen molar-refractivity contribution in [2.45, 2.75) is 38.3 Å². The molecule has 2 fully saturated rings. The molecule has 1 amide bonds. The average Bonchev–Trinajstić information content (AvgIpc) is 3.15. The summed E-state index contributed by atoms with van der Waals surface area (Å²) < 4.78 is 38.3. The first-order valence-corrected chi connectivity index (χ1v) is 10.4. The van der Waals surface area contributed by atoms with Crippen LogP contribution in [0.25, 0.3) is 5.69 Å². The largest absolute Gasteiger partial charge is 0.330 e. The van der Waals surface area contributed by atoms with Gasteiger partial charge in [0, 0.05) is 12.1 Å². The molecule has 9 heteroatoms. The quantitative estimate of drug-likeness (QED) is 0.805. The number of nitrogens with zero attached hydrogens (tertiary/aromatic N) is 4. The maximum absolute atomic E-state index is 13.3. The first-order chi connectivity index (χ1) is 12.3. The normalized spacial score (nSPS) is 21.7. The zero-order chi connectivity index (χ0) is 18.5. The molecule has 0 spiro atoms. The molecular formula is C17H19FN4O3S. The number of benzene rings is 1. The van der Waals surface area contributed by atoms with Crippen molar-refractivity contribution in [1.29, 1.82) is 0 Å². The first kappa shape index (κ1) is 17.1. The summed E-state index contributed by atoms with van der Waals surface area (Å²) in [5.74, 6) is -0.499. The third-order valence-electron chi connectivity index (χ3n) is 4.89. The zero-order valence-corrected chi connectivity index (χ0v) is 15.1. The van der Waals surface area contributed by atoms with Gasteiger partial charge in [-0.1, -0.05) is 5.21 Å². The van der Waals surface area contributed by atoms with Gasteiger partial charge in [0.2, 0.25) is 0 Å². The van der Waals surface area contributed by atoms with E-state index in [0.29, 0.717) is 17.7 Å². The molecule has 0 N–H and O–H groups in total. The number of carbonyl (C=O) groups excluding carboxylic acids is 1. The molecule has 1 aliphatic heterocycles. The van der Waals surface area contributed by atoms with Gasteiger partial charge in [-0.2, -0.15) is 0 Å². The summed E-state index contributed by atoms with van der Waals surface area (Å²) in [5, 5.41) is 7.97. The van der Waals surface area contributed by atoms with E-state index in [4.69, 9.17) is 0 Å². The van der Waals surface area contributed by atoms with E-state index in [9.17, 15) is 17.6 Å². The molecular weight excluding hydrogens is 359 g/mol. The number of hydrogen-bond donors (Lipinski definition) is 0. The van der Waals surface area contributed by atoms with Gasteiger partial charge in [0.1, 0.15) is 5.82 Å². The van der Waals surface area contributed by atoms with Gasteiger partial charge in [-0.3, -0.25) is 4.79 Å². The van der Waals surface area contributed by atoms with E-state index in [1.54, 1.807) is 17.9 Å². The van der Waals surface area contributed by atoms with E-state index >= 15 is 0 Å². The SMILES string of the molecule is Cc1cc(F)ccc1-n1cc(C(=O)N(C2CC2)C2CCS(=O)(=O)C2)nn1. The van der Waals surface area contributed by atoms with Crippen LogP contribution in [-0.4, -0.2) is 57.8 Å². The van der Waals surface area contributed by atoms with Gasteiger partial charge in [-0.05, 0) is 49.9 Å². The van der Waals surface area contributed by atoms with E-state index in [2.05, 4.69) is 10.3 Å². The Bertz CT molecular complexity index is 968. The van der Waals surface area contributed by atoms with Gasteiger partial charge < -0.3 is 4.90 Å². The number of sulfone groups is 1. The van der Waals surface area contributed by atoms with Crippen LogP contribution >= 0.6 is 0 Å². The van der Waals surface area contributed by atoms with Crippen LogP contribution in [0.1, 0.15) is 35.3 Å². The van der Waals surface area contributed by atoms with E-state index in [0.717, 1.165) is 12.8 Å². The standard InChI is InChI=1S/C17H19FN4O3S/c1-11-8-12(18)2-5-16(11)21-9-15(19-20-21)17(23)22(13-3-4-13)14-6-7-26(24,25)10-14/h2,5,8-9,13-14H,3-4,6-7,10H2,1H3. The van der Waals surface area contributed by atoms with Crippen LogP contribution in [0.15, 0.2) is 24.4 Å². The number of amides is 1. The summed E-state index contributed by atoms with van der Waals surface area (Å²) in [6, 6.07) is 4.08. The first-order valence-electron chi connectivity index (χ1n) is 8.56. The number of aryl methyl sites for hydroxylation is 1. The molecule has 138 valence electrons. The summed E-state index contributed by atoms with van der Waals surface area (Å²) in [6.07, 6.45) is 3.75. The molecule has 2 aliphatic rings. The number of rotatable bonds is 4. The smallest absolute Gasteiger partial charge is 0.276 e. The summed E-state index contributed by atoms with van der Waals surface area (Å²) >= 11 is 0. The Kier molecular flexibility index (Phi) is 4.06. The lowest BCUT2D eigenvalue weighted by Gasteiger charge is -2.27. The second-order valence-electron chi connectivity index (χ2n) is 6.98. The fourth-order valence-electron chi connectivity index (χ4n) is 3.47. The van der Waals surface area contributed by atoms with Crippen molar-refractivity contribution in [3.05, 3.63) is 41.5 Å². The molecule has 1 aromatic carbocycles. The van der Waals surface area contributed by atoms with Crippen molar-refractivity contribution in [3.8, 4) is 5.69 Å². The monoisotopic (exact) mass is 378 g/mol. The van der Waals surface area contributed by atoms with Crippen LogP contribution in [0.5, 0.6) is 0 Å². The van der Waals surface area contributed by atoms with E-state index in [1.807, 2.05) is 0 Å². The number of halogens is 1. The van der Waals surface area contributed by atoms with Crippen molar-refractivity contribution < 1.29 is 17.6 Å². The minimum Gasteiger partial charge on any atom is -0.330 e. The lowest BCUT2D eigenvalue weighted by molar-refractivity contribution is 0.0674. The molecule has 26 heavy (non-hydrogen) atoms. The van der Waals surface area contributed by atoms with Gasteiger partial charge in [0.15, 0.2) is 15.5 Å². The summed E-state index contributed by atoms with van der Waals surface area (Å²) in [6.45, 7) is 1.75. The van der Waals surface area contributed by atoms with Crippen molar-refractivity contribution in [2.24, 2.45) is 0 Å². The summed E-state index contributed by atoms with van der Waals surface area (Å²) in [5.41, 5.74) is 1.49. The zero-order valence-electron chi connectivity index (χ0n) is 14.3. The molecule has 1 aliphatic carbocycles. The molecule has 0 bridgehead atoms. The van der Waals surface area contributed by atoms with Crippen LogP contribution in [-0.2, 0) is 9.84 Å². The molecule has 1 aromatic heterocycles. The Morgan fingerprint density at radius 2 is 2.04 bits per heavy atom. The number of aromatic nitrogens is 3. The highest BCUT2D eigenvalue weighted by atomic mass is 32.2. The third-order valence-corrected chi connectivity index (χ3v) is 6.65. The molecule has 2 aromatic rings. The van der Waals surface area contributed by atoms with Gasteiger partial charge in [0.25, 0.3) is 5.91 Å². The van der Waals surface area contributed by atoms with Crippen molar-refractivity contribution in [2.75, 3.05) is 11.5 Å². The molecule has 0 radical (unpaired) electrons. The lowest BCUT2D eigenvalue weighted by atomic mass is 10.2. The lowest BCUT2D eigenvalue weighted by Crippen LogP contribution is -2.43. The second kappa shape index (κ2) is 6.15. The molecule has 1 saturated heterocycles. The van der Waals surface area contributed by atoms with Crippen LogP contribution in [0.3, 0.4) is 0 Å². The fraction of sp³-hybridized carbons (Fsp3) is 0.471. The summed E-state index contributed by atoms with van der Waals surface area (Å²) in [4.78, 5) is 14.6. The number of hydrogen-bond acceptors (Lipinski definition) is 5. The number of carbonyl (C=O) groups is 1. The Morgan fingerprint density at radius 3 is 2.65 bits per heavy atom. The minimum absolute atomic E-state index is 0.0143. The highest BCUT2D eigenvalue weighted by Crippen LogP contribution is 2.33. The van der Waals surface area contributed by atoms with Gasteiger partial charge in [-0.25, -0.2) is 17.5 Å². The van der Waals surface area contributed by atoms with Crippen molar-refractivity contribution in [3.63, 3.8) is 0 Å². The fourth-order valence-corrected chi connectivity index (χ4v) is 5.18. The van der Waals surface area contributed by atoms with Crippen LogP contribution in [0, 0.1) is 12.7 Å². The van der Waals surface area contributed by atoms with E-state index in [-0.39, 0.29) is 41.0 Å². The highest BCUT2D eigenvalue weighted by molar-refractivity contribution is 7.91. The molecule has 1 atom stereocenters. The molecule has 2 heterocycles. The van der Waals surface area contributed by atoms with Crippen LogP contribution in [0.2, 0.25) is 0 Å². The van der Waals surface area contributed by atoms with E-state index in [1.165, 1.54) is 23.0 Å². The Labute approximate surface area is 150 Å². The molecule has 1 unspecified atom stereocenters. The Morgan fingerprint density at radius 1 is 1.27 bits per heavy atom. The Balaban J connectivity index is 1.60. The highest BCUT2D eigenvalue weighted by Gasteiger charge is 2.43. The molecule has 7 nitrogen and oxygen atoms in total. The molecule has 4 rings (SSSR count). The van der Waals surface area contributed by atoms with Gasteiger partial charge in [0.05, 0.1) is 23.4 Å². The minimum atomic E-state index is -3.08. The third kappa shape index (κ3) is 3.23. The Hall–Kier alpha value is -2.29. The van der Waals surface area contributed by atoms with Gasteiger partial charge >= 0.3 is 0 Å². The maximum Gasteiger partial charge on any atom is 0.276 e. The average molecular weight is 378 g/mol. The predicted octanol–water partition coefficient (Wildman–Crippen LogP) is 1.51. The summed E-state index contributed by atoms with van der Waals surface area (Å²) in [7, 11) is -3.08. The van der Waals surface area contributed by atoms with Crippen LogP contribution in [0.4, 0.5) is 4.39 Å². The van der Waals surface area contributed by atoms with Crippen molar-refractivity contribution >= 4 is 15.7 Å². The van der Waals surface area contributed by atoms with Crippen molar-refractivity contribution in [1.82, 2.24) is 19.9 Å². The predicted molar refractivity (Wildman–Crippen MR) is 92.3 cm³/mol.